The van der Waals surface area contributed by atoms with Crippen molar-refractivity contribution in [3.8, 4) is 0 Å². The third-order valence-corrected chi connectivity index (χ3v) is 0.556. The Labute approximate surface area is 86.1 Å². The summed E-state index contributed by atoms with van der Waals surface area (Å²) in [6.07, 6.45) is 3.00. The van der Waals surface area contributed by atoms with E-state index < -0.39 is 0 Å². The number of hydrogen-bond acceptors (Lipinski definition) is 2. The van der Waals surface area contributed by atoms with Crippen LogP contribution in [0.2, 0.25) is 0 Å². The summed E-state index contributed by atoms with van der Waals surface area (Å²) in [5.74, 6) is 0. The Bertz CT molecular complexity index is 124. The Hall–Kier alpha value is -0.687. The third-order valence-electron chi connectivity index (χ3n) is 0.556. The normalized spacial score (nSPS) is 5.50. The average molecular weight is 252 g/mol. The molecular weight excluding hydrogens is 241 g/mol. The van der Waals surface area contributed by atoms with Crippen LogP contribution in [0.1, 0.15) is 13.8 Å². The van der Waals surface area contributed by atoms with Crippen LogP contribution < -0.4 is 0 Å². The Morgan fingerprint density at radius 1 is 1.00 bits per heavy atom. The van der Waals surface area contributed by atoms with Crippen LogP contribution in [0.3, 0.4) is 0 Å². The maximum Gasteiger partial charge on any atom is 3.00 e. The van der Waals surface area contributed by atoms with Crippen molar-refractivity contribution in [1.82, 2.24) is 0 Å². The van der Waals surface area contributed by atoms with Gasteiger partial charge in [0, 0.05) is 0 Å². The fraction of sp³-hybridized carbons (Fsp3) is 0.222. The second-order valence-electron chi connectivity index (χ2n) is 1.37. The van der Waals surface area contributed by atoms with Crippen LogP contribution in [0.25, 0.3) is 0 Å². The van der Waals surface area contributed by atoms with Crippen LogP contribution in [-0.2, 0) is 29.1 Å². The molecule has 0 aromatic heterocycles. The van der Waals surface area contributed by atoms with Gasteiger partial charge in [-0.05, 0) is 0 Å². The summed E-state index contributed by atoms with van der Waals surface area (Å²) >= 11 is 0. The first kappa shape index (κ1) is 17.4. The summed E-state index contributed by atoms with van der Waals surface area (Å²) in [5, 5.41) is 0. The Kier molecular flexibility index (Phi) is 32.6. The SMILES string of the molecule is C[C-]=O.C[C-]=O.[Ru+3].c1cc[cH-]c1. The van der Waals surface area contributed by atoms with E-state index in [0.717, 1.165) is 0 Å². The molecule has 2 nitrogen and oxygen atoms in total. The Morgan fingerprint density at radius 2 is 1.25 bits per heavy atom. The van der Waals surface area contributed by atoms with Crippen molar-refractivity contribution in [2.24, 2.45) is 0 Å². The maximum atomic E-state index is 8.68. The van der Waals surface area contributed by atoms with Gasteiger partial charge < -0.3 is 9.59 Å². The van der Waals surface area contributed by atoms with Crippen molar-refractivity contribution >= 4 is 12.6 Å². The Morgan fingerprint density at radius 3 is 1.33 bits per heavy atom. The largest absolute Gasteiger partial charge is 3.00 e. The van der Waals surface area contributed by atoms with Crippen LogP contribution in [0.5, 0.6) is 0 Å². The minimum atomic E-state index is 0. The van der Waals surface area contributed by atoms with Gasteiger partial charge in [-0.25, -0.2) is 12.1 Å². The second-order valence-corrected chi connectivity index (χ2v) is 1.37. The summed E-state index contributed by atoms with van der Waals surface area (Å²) in [5.41, 5.74) is 0. The van der Waals surface area contributed by atoms with Crippen LogP contribution in [-0.4, -0.2) is 12.6 Å². The number of rotatable bonds is 0. The van der Waals surface area contributed by atoms with Gasteiger partial charge in [0.15, 0.2) is 0 Å². The molecule has 0 heterocycles. The predicted octanol–water partition coefficient (Wildman–Crippen LogP) is 1.64. The first-order valence-electron chi connectivity index (χ1n) is 3.07. The minimum absolute atomic E-state index is 0. The summed E-state index contributed by atoms with van der Waals surface area (Å²) in [6, 6.07) is 10.0. The first-order chi connectivity index (χ1) is 5.33. The van der Waals surface area contributed by atoms with Crippen LogP contribution in [0, 0.1) is 0 Å². The number of carbonyl (C=O) groups excluding carboxylic acids is 2. The maximum absolute atomic E-state index is 8.68. The van der Waals surface area contributed by atoms with Crippen molar-refractivity contribution < 1.29 is 29.1 Å². The van der Waals surface area contributed by atoms with Gasteiger partial charge in [0.05, 0.1) is 0 Å². The second kappa shape index (κ2) is 22.4. The standard InChI is InChI=1S/C5H5.2C2H3O.Ru/c1-2-4-5-3-1;2*1-2-3;/h1-5H;2*1H3;/q3*-1;+3. The smallest absolute Gasteiger partial charge is 0.542 e. The zero-order valence-corrected chi connectivity index (χ0v) is 8.79. The molecule has 1 aromatic carbocycles. The summed E-state index contributed by atoms with van der Waals surface area (Å²) in [7, 11) is 0. The van der Waals surface area contributed by atoms with E-state index in [9.17, 15) is 0 Å². The molecule has 0 spiro atoms. The van der Waals surface area contributed by atoms with E-state index in [4.69, 9.17) is 9.59 Å². The monoisotopic (exact) mass is 253 g/mol. The predicted molar refractivity (Wildman–Crippen MR) is 44.8 cm³/mol. The molecule has 0 atom stereocenters. The van der Waals surface area contributed by atoms with E-state index in [1.165, 1.54) is 26.4 Å². The van der Waals surface area contributed by atoms with Crippen LogP contribution in [0.4, 0.5) is 0 Å². The minimum Gasteiger partial charge on any atom is -0.542 e. The third kappa shape index (κ3) is 34.6. The molecule has 12 heavy (non-hydrogen) atoms. The van der Waals surface area contributed by atoms with Gasteiger partial charge in [0.2, 0.25) is 0 Å². The summed E-state index contributed by atoms with van der Waals surface area (Å²) in [6.45, 7) is 2.64. The van der Waals surface area contributed by atoms with Gasteiger partial charge in [-0.2, -0.15) is 32.0 Å². The molecule has 1 rings (SSSR count). The molecule has 0 saturated carbocycles. The fourth-order valence-corrected chi connectivity index (χ4v) is 0.321. The number of hydrogen-bond donors (Lipinski definition) is 0. The molecule has 0 aliphatic rings. The molecule has 0 aliphatic carbocycles. The van der Waals surface area contributed by atoms with Crippen molar-refractivity contribution in [1.29, 1.82) is 0 Å². The van der Waals surface area contributed by atoms with Gasteiger partial charge in [0.25, 0.3) is 0 Å². The first-order valence-corrected chi connectivity index (χ1v) is 3.07. The van der Waals surface area contributed by atoms with Crippen molar-refractivity contribution in [3.05, 3.63) is 30.3 Å². The molecule has 1 radical (unpaired) electrons. The van der Waals surface area contributed by atoms with Gasteiger partial charge >= 0.3 is 19.5 Å². The molecule has 3 heteroatoms. The van der Waals surface area contributed by atoms with Gasteiger partial charge in [0.1, 0.15) is 0 Å². The van der Waals surface area contributed by atoms with Crippen molar-refractivity contribution in [2.75, 3.05) is 0 Å². The van der Waals surface area contributed by atoms with E-state index in [1.807, 2.05) is 30.3 Å². The fourth-order valence-electron chi connectivity index (χ4n) is 0.321. The molecule has 0 amide bonds. The van der Waals surface area contributed by atoms with E-state index in [1.54, 1.807) is 0 Å². The molecule has 0 bridgehead atoms. The summed E-state index contributed by atoms with van der Waals surface area (Å²) in [4.78, 5) is 17.4. The zero-order chi connectivity index (χ0) is 8.95. The molecule has 0 N–H and O–H groups in total. The Balaban J connectivity index is -0.000000104. The molecule has 67 valence electrons. The van der Waals surface area contributed by atoms with E-state index in [0.29, 0.717) is 0 Å². The topological polar surface area (TPSA) is 34.1 Å². The van der Waals surface area contributed by atoms with E-state index >= 15 is 0 Å². The molecule has 0 saturated heterocycles. The molecule has 0 fully saturated rings. The van der Waals surface area contributed by atoms with Gasteiger partial charge in [-0.1, -0.05) is 0 Å². The van der Waals surface area contributed by atoms with Crippen molar-refractivity contribution in [3.63, 3.8) is 0 Å². The zero-order valence-electron chi connectivity index (χ0n) is 7.06. The van der Waals surface area contributed by atoms with E-state index in [-0.39, 0.29) is 19.5 Å². The molecular formula is C9H11O2Ru. The van der Waals surface area contributed by atoms with Gasteiger partial charge in [-0.3, -0.25) is 12.6 Å². The quantitative estimate of drug-likeness (QED) is 0.519. The average Bonchev–Trinajstić information content (AvgIpc) is 2.44. The van der Waals surface area contributed by atoms with Crippen LogP contribution >= 0.6 is 0 Å². The van der Waals surface area contributed by atoms with Gasteiger partial charge in [-0.15, -0.1) is 0 Å². The summed E-state index contributed by atoms with van der Waals surface area (Å²) < 4.78 is 0. The molecule has 0 unspecified atom stereocenters. The van der Waals surface area contributed by atoms with E-state index in [2.05, 4.69) is 0 Å². The molecule has 1 aromatic rings. The van der Waals surface area contributed by atoms with Crippen LogP contribution in [0.15, 0.2) is 30.3 Å². The van der Waals surface area contributed by atoms with Crippen molar-refractivity contribution in [2.45, 2.75) is 13.8 Å². The molecule has 0 aliphatic heterocycles.